The standard InChI is InChI=1S/C13H8Cl2N2OS/c14-10-2-1-8(5-11(10)15)6-18-12-9-3-4-19-13(9)17-7-16-12/h1-5,7H,6H2. The first-order valence-electron chi connectivity index (χ1n) is 5.49. The summed E-state index contributed by atoms with van der Waals surface area (Å²) in [6.45, 7) is 0.388. The summed E-state index contributed by atoms with van der Waals surface area (Å²) in [4.78, 5) is 9.24. The molecule has 3 aromatic rings. The normalized spacial score (nSPS) is 10.8. The minimum absolute atomic E-state index is 0.388. The molecule has 0 amide bonds. The molecule has 0 N–H and O–H groups in total. The van der Waals surface area contributed by atoms with Crippen molar-refractivity contribution >= 4 is 44.8 Å². The number of benzene rings is 1. The predicted molar refractivity (Wildman–Crippen MR) is 78.2 cm³/mol. The Kier molecular flexibility index (Phi) is 3.55. The number of ether oxygens (including phenoxy) is 1. The van der Waals surface area contributed by atoms with Gasteiger partial charge in [-0.15, -0.1) is 11.3 Å². The third-order valence-electron chi connectivity index (χ3n) is 2.58. The Morgan fingerprint density at radius 2 is 2.00 bits per heavy atom. The van der Waals surface area contributed by atoms with Crippen molar-refractivity contribution in [1.82, 2.24) is 9.97 Å². The number of aromatic nitrogens is 2. The fourth-order valence-corrected chi connectivity index (χ4v) is 2.71. The van der Waals surface area contributed by atoms with Gasteiger partial charge < -0.3 is 4.74 Å². The number of hydrogen-bond acceptors (Lipinski definition) is 4. The van der Waals surface area contributed by atoms with Gasteiger partial charge in [0.2, 0.25) is 5.88 Å². The van der Waals surface area contributed by atoms with E-state index in [9.17, 15) is 0 Å². The van der Waals surface area contributed by atoms with Gasteiger partial charge in [0.15, 0.2) is 0 Å². The van der Waals surface area contributed by atoms with Crippen LogP contribution in [0.25, 0.3) is 10.2 Å². The molecule has 0 aliphatic rings. The Morgan fingerprint density at radius 3 is 2.84 bits per heavy atom. The van der Waals surface area contributed by atoms with E-state index in [0.29, 0.717) is 22.5 Å². The second-order valence-electron chi connectivity index (χ2n) is 3.86. The third kappa shape index (κ3) is 2.66. The van der Waals surface area contributed by atoms with Crippen molar-refractivity contribution < 1.29 is 4.74 Å². The van der Waals surface area contributed by atoms with Gasteiger partial charge in [-0.1, -0.05) is 29.3 Å². The molecule has 6 heteroatoms. The van der Waals surface area contributed by atoms with Gasteiger partial charge in [0.05, 0.1) is 15.4 Å². The average Bonchev–Trinajstić information content (AvgIpc) is 2.89. The average molecular weight is 311 g/mol. The maximum absolute atomic E-state index is 5.96. The van der Waals surface area contributed by atoms with Crippen LogP contribution in [0.1, 0.15) is 5.56 Å². The Bertz CT molecular complexity index is 729. The summed E-state index contributed by atoms with van der Waals surface area (Å²) in [6, 6.07) is 7.36. The lowest BCUT2D eigenvalue weighted by Crippen LogP contribution is -1.98. The van der Waals surface area contributed by atoms with E-state index >= 15 is 0 Å². The number of halogens is 2. The molecule has 19 heavy (non-hydrogen) atoms. The highest BCUT2D eigenvalue weighted by atomic mass is 35.5. The molecule has 0 bridgehead atoms. The van der Waals surface area contributed by atoms with Crippen LogP contribution >= 0.6 is 34.5 Å². The Labute approximate surface area is 123 Å². The Balaban J connectivity index is 1.82. The molecule has 0 radical (unpaired) electrons. The van der Waals surface area contributed by atoms with Crippen molar-refractivity contribution in [3.8, 4) is 5.88 Å². The van der Waals surface area contributed by atoms with Gasteiger partial charge in [0.25, 0.3) is 0 Å². The maximum Gasteiger partial charge on any atom is 0.225 e. The first-order chi connectivity index (χ1) is 9.24. The second kappa shape index (κ2) is 5.33. The molecule has 0 atom stereocenters. The van der Waals surface area contributed by atoms with E-state index in [1.54, 1.807) is 23.5 Å². The smallest absolute Gasteiger partial charge is 0.225 e. The molecule has 0 fully saturated rings. The van der Waals surface area contributed by atoms with Gasteiger partial charge in [-0.2, -0.15) is 0 Å². The van der Waals surface area contributed by atoms with Crippen molar-refractivity contribution in [3.63, 3.8) is 0 Å². The molecule has 0 saturated heterocycles. The monoisotopic (exact) mass is 310 g/mol. The van der Waals surface area contributed by atoms with E-state index < -0.39 is 0 Å². The van der Waals surface area contributed by atoms with Gasteiger partial charge >= 0.3 is 0 Å². The summed E-state index contributed by atoms with van der Waals surface area (Å²) in [5.41, 5.74) is 0.941. The summed E-state index contributed by atoms with van der Waals surface area (Å²) >= 11 is 13.4. The van der Waals surface area contributed by atoms with Crippen LogP contribution in [0.5, 0.6) is 5.88 Å². The lowest BCUT2D eigenvalue weighted by Gasteiger charge is -2.06. The van der Waals surface area contributed by atoms with Gasteiger partial charge in [0, 0.05) is 0 Å². The zero-order valence-electron chi connectivity index (χ0n) is 9.64. The molecule has 0 aliphatic carbocycles. The molecule has 0 spiro atoms. The number of rotatable bonds is 3. The molecule has 96 valence electrons. The highest BCUT2D eigenvalue weighted by Crippen LogP contribution is 2.27. The van der Waals surface area contributed by atoms with Crippen LogP contribution < -0.4 is 4.74 Å². The SMILES string of the molecule is Clc1ccc(COc2ncnc3sccc23)cc1Cl. The van der Waals surface area contributed by atoms with Gasteiger partial charge in [-0.25, -0.2) is 9.97 Å². The third-order valence-corrected chi connectivity index (χ3v) is 4.14. The van der Waals surface area contributed by atoms with Crippen molar-refractivity contribution in [3.05, 3.63) is 51.6 Å². The van der Waals surface area contributed by atoms with Gasteiger partial charge in [-0.3, -0.25) is 0 Å². The molecule has 3 nitrogen and oxygen atoms in total. The van der Waals surface area contributed by atoms with E-state index in [0.717, 1.165) is 15.8 Å². The fraction of sp³-hybridized carbons (Fsp3) is 0.0769. The van der Waals surface area contributed by atoms with Crippen LogP contribution in [-0.2, 0) is 6.61 Å². The molecule has 1 aromatic carbocycles. The van der Waals surface area contributed by atoms with Crippen LogP contribution in [0, 0.1) is 0 Å². The van der Waals surface area contributed by atoms with Crippen molar-refractivity contribution in [2.45, 2.75) is 6.61 Å². The lowest BCUT2D eigenvalue weighted by molar-refractivity contribution is 0.297. The molecule has 2 heterocycles. The summed E-state index contributed by atoms with van der Waals surface area (Å²) in [7, 11) is 0. The highest BCUT2D eigenvalue weighted by molar-refractivity contribution is 7.16. The second-order valence-corrected chi connectivity index (χ2v) is 5.56. The van der Waals surface area contributed by atoms with Crippen LogP contribution in [0.15, 0.2) is 36.0 Å². The lowest BCUT2D eigenvalue weighted by atomic mass is 10.2. The Hall–Kier alpha value is -1.36. The molecule has 0 aliphatic heterocycles. The van der Waals surface area contributed by atoms with Crippen LogP contribution in [0.3, 0.4) is 0 Å². The summed E-state index contributed by atoms with van der Waals surface area (Å²) in [5, 5.41) is 3.94. The largest absolute Gasteiger partial charge is 0.472 e. The van der Waals surface area contributed by atoms with E-state index in [-0.39, 0.29) is 0 Å². The molecular weight excluding hydrogens is 303 g/mol. The first-order valence-corrected chi connectivity index (χ1v) is 7.12. The summed E-state index contributed by atoms with van der Waals surface area (Å²) in [5.74, 6) is 0.581. The molecule has 3 rings (SSSR count). The number of thiophene rings is 1. The number of nitrogens with zero attached hydrogens (tertiary/aromatic N) is 2. The van der Waals surface area contributed by atoms with Crippen molar-refractivity contribution in [1.29, 1.82) is 0 Å². The zero-order chi connectivity index (χ0) is 13.2. The van der Waals surface area contributed by atoms with Crippen LogP contribution in [0.4, 0.5) is 0 Å². The topological polar surface area (TPSA) is 35.0 Å². The summed E-state index contributed by atoms with van der Waals surface area (Å²) < 4.78 is 5.71. The van der Waals surface area contributed by atoms with E-state index in [2.05, 4.69) is 9.97 Å². The molecule has 2 aromatic heterocycles. The van der Waals surface area contributed by atoms with Gasteiger partial charge in [-0.05, 0) is 29.1 Å². The Morgan fingerprint density at radius 1 is 1.11 bits per heavy atom. The number of hydrogen-bond donors (Lipinski definition) is 0. The fourth-order valence-electron chi connectivity index (χ4n) is 1.66. The van der Waals surface area contributed by atoms with E-state index in [1.807, 2.05) is 17.5 Å². The van der Waals surface area contributed by atoms with E-state index in [1.165, 1.54) is 6.33 Å². The molecule has 0 saturated carbocycles. The predicted octanol–water partition coefficient (Wildman–Crippen LogP) is 4.58. The molecule has 0 unspecified atom stereocenters. The quantitative estimate of drug-likeness (QED) is 0.710. The van der Waals surface area contributed by atoms with E-state index in [4.69, 9.17) is 27.9 Å². The minimum Gasteiger partial charge on any atom is -0.472 e. The van der Waals surface area contributed by atoms with Crippen LogP contribution in [-0.4, -0.2) is 9.97 Å². The van der Waals surface area contributed by atoms with Crippen LogP contribution in [0.2, 0.25) is 10.0 Å². The van der Waals surface area contributed by atoms with Crippen molar-refractivity contribution in [2.24, 2.45) is 0 Å². The van der Waals surface area contributed by atoms with Gasteiger partial charge in [0.1, 0.15) is 17.8 Å². The highest BCUT2D eigenvalue weighted by Gasteiger charge is 2.06. The number of fused-ring (bicyclic) bond motifs is 1. The minimum atomic E-state index is 0.388. The van der Waals surface area contributed by atoms with Crippen molar-refractivity contribution in [2.75, 3.05) is 0 Å². The molecular formula is C13H8Cl2N2OS. The zero-order valence-corrected chi connectivity index (χ0v) is 12.0. The summed E-state index contributed by atoms with van der Waals surface area (Å²) in [6.07, 6.45) is 1.50. The maximum atomic E-state index is 5.96. The first kappa shape index (κ1) is 12.7.